The third-order valence-corrected chi connectivity index (χ3v) is 6.33. The van der Waals surface area contributed by atoms with Crippen molar-refractivity contribution in [2.24, 2.45) is 0 Å². The van der Waals surface area contributed by atoms with E-state index in [1.165, 1.54) is 18.4 Å². The minimum atomic E-state index is -3.74. The van der Waals surface area contributed by atoms with Crippen molar-refractivity contribution in [3.05, 3.63) is 77.7 Å². The molecule has 0 unspecified atom stereocenters. The molecule has 0 spiro atoms. The van der Waals surface area contributed by atoms with Crippen LogP contribution in [0.25, 0.3) is 0 Å². The first-order valence-electron chi connectivity index (χ1n) is 9.66. The number of fused-ring (bicyclic) bond motifs is 1. The molecule has 0 atom stereocenters. The van der Waals surface area contributed by atoms with Gasteiger partial charge in [0, 0.05) is 18.8 Å². The molecule has 30 heavy (non-hydrogen) atoms. The number of carbonyl (C=O) groups is 1. The van der Waals surface area contributed by atoms with E-state index in [1.54, 1.807) is 41.3 Å². The van der Waals surface area contributed by atoms with Crippen LogP contribution in [-0.2, 0) is 23.0 Å². The van der Waals surface area contributed by atoms with Crippen molar-refractivity contribution < 1.29 is 22.4 Å². The van der Waals surface area contributed by atoms with E-state index < -0.39 is 10.0 Å². The Bertz CT molecular complexity index is 1140. The summed E-state index contributed by atoms with van der Waals surface area (Å²) in [6, 6.07) is 15.0. The molecule has 4 rings (SSSR count). The number of nitrogens with zero attached hydrogens (tertiary/aromatic N) is 1. The van der Waals surface area contributed by atoms with E-state index in [4.69, 9.17) is 9.15 Å². The Hall–Kier alpha value is -3.26. The van der Waals surface area contributed by atoms with Crippen LogP contribution in [0.4, 0.5) is 5.69 Å². The summed E-state index contributed by atoms with van der Waals surface area (Å²) < 4.78 is 38.7. The topological polar surface area (TPSA) is 88.9 Å². The number of hydrogen-bond donors (Lipinski definition) is 1. The molecule has 1 aliphatic heterocycles. The van der Waals surface area contributed by atoms with Gasteiger partial charge in [0.1, 0.15) is 5.75 Å². The summed E-state index contributed by atoms with van der Waals surface area (Å²) in [5, 5.41) is 0. The highest BCUT2D eigenvalue weighted by Gasteiger charge is 2.24. The van der Waals surface area contributed by atoms with Gasteiger partial charge in [-0.25, -0.2) is 8.42 Å². The Labute approximate surface area is 175 Å². The highest BCUT2D eigenvalue weighted by atomic mass is 32.2. The number of hydrogen-bond acceptors (Lipinski definition) is 5. The van der Waals surface area contributed by atoms with Crippen LogP contribution in [0.15, 0.2) is 70.2 Å². The van der Waals surface area contributed by atoms with Crippen molar-refractivity contribution >= 4 is 21.6 Å². The molecular formula is C22H22N2O5S. The number of furan rings is 1. The molecule has 0 fully saturated rings. The zero-order valence-electron chi connectivity index (χ0n) is 16.5. The Balaban J connectivity index is 1.51. The molecule has 1 amide bonds. The summed E-state index contributed by atoms with van der Waals surface area (Å²) in [5.74, 6) is 0.739. The molecule has 0 radical (unpaired) electrons. The quantitative estimate of drug-likeness (QED) is 0.650. The van der Waals surface area contributed by atoms with Gasteiger partial charge in [-0.1, -0.05) is 6.07 Å². The first-order valence-corrected chi connectivity index (χ1v) is 11.1. The fraction of sp³-hybridized carbons (Fsp3) is 0.227. The Kier molecular flexibility index (Phi) is 5.50. The number of rotatable bonds is 6. The summed E-state index contributed by atoms with van der Waals surface area (Å²) in [6.07, 6.45) is 2.17. The zero-order valence-corrected chi connectivity index (χ0v) is 17.3. The molecule has 1 aliphatic rings. The third kappa shape index (κ3) is 4.18. The largest absolute Gasteiger partial charge is 0.494 e. The van der Waals surface area contributed by atoms with Gasteiger partial charge in [0.05, 0.1) is 17.8 Å². The van der Waals surface area contributed by atoms with Crippen LogP contribution in [0, 0.1) is 0 Å². The number of sulfonamides is 1. The van der Waals surface area contributed by atoms with Crippen molar-refractivity contribution in [1.29, 1.82) is 0 Å². The van der Waals surface area contributed by atoms with E-state index in [0.29, 0.717) is 43.3 Å². The van der Waals surface area contributed by atoms with Crippen LogP contribution in [0.1, 0.15) is 28.6 Å². The lowest BCUT2D eigenvalue weighted by Gasteiger charge is -2.28. The summed E-state index contributed by atoms with van der Waals surface area (Å²) in [6.45, 7) is 3.36. The van der Waals surface area contributed by atoms with E-state index in [1.807, 2.05) is 13.0 Å². The van der Waals surface area contributed by atoms with Crippen molar-refractivity contribution in [3.63, 3.8) is 0 Å². The molecule has 2 heterocycles. The van der Waals surface area contributed by atoms with Crippen LogP contribution in [-0.4, -0.2) is 32.4 Å². The number of nitrogens with one attached hydrogen (secondary N) is 1. The van der Waals surface area contributed by atoms with Gasteiger partial charge >= 0.3 is 0 Å². The predicted octanol–water partition coefficient (Wildman–Crippen LogP) is 3.68. The summed E-state index contributed by atoms with van der Waals surface area (Å²) >= 11 is 0. The first-order chi connectivity index (χ1) is 14.5. The number of ether oxygens (including phenoxy) is 1. The number of amides is 1. The van der Waals surface area contributed by atoms with Gasteiger partial charge in [-0.3, -0.25) is 9.52 Å². The van der Waals surface area contributed by atoms with E-state index in [-0.39, 0.29) is 10.8 Å². The maximum absolute atomic E-state index is 12.7. The molecule has 8 heteroatoms. The minimum Gasteiger partial charge on any atom is -0.494 e. The molecule has 0 saturated carbocycles. The fourth-order valence-electron chi connectivity index (χ4n) is 3.45. The highest BCUT2D eigenvalue weighted by molar-refractivity contribution is 7.92. The van der Waals surface area contributed by atoms with Crippen LogP contribution < -0.4 is 9.46 Å². The lowest BCUT2D eigenvalue weighted by atomic mass is 9.99. The molecule has 0 saturated heterocycles. The average Bonchev–Trinajstić information content (AvgIpc) is 3.28. The predicted molar refractivity (Wildman–Crippen MR) is 112 cm³/mol. The second-order valence-electron chi connectivity index (χ2n) is 6.95. The molecule has 0 aliphatic carbocycles. The maximum Gasteiger partial charge on any atom is 0.289 e. The second kappa shape index (κ2) is 8.23. The SMILES string of the molecule is CCOc1ccc(S(=O)(=O)Nc2ccc3c(c2)CN(C(=O)c2ccco2)CC3)cc1. The van der Waals surface area contributed by atoms with E-state index in [0.717, 1.165) is 11.1 Å². The van der Waals surface area contributed by atoms with Gasteiger partial charge in [0.15, 0.2) is 5.76 Å². The molecule has 0 bridgehead atoms. The van der Waals surface area contributed by atoms with Crippen LogP contribution in [0.3, 0.4) is 0 Å². The lowest BCUT2D eigenvalue weighted by Crippen LogP contribution is -2.35. The van der Waals surface area contributed by atoms with E-state index in [9.17, 15) is 13.2 Å². The van der Waals surface area contributed by atoms with E-state index >= 15 is 0 Å². The Morgan fingerprint density at radius 1 is 1.13 bits per heavy atom. The standard InChI is InChI=1S/C22H22N2O5S/c1-2-28-19-7-9-20(10-8-19)30(26,27)23-18-6-5-16-11-12-24(15-17(16)14-18)22(25)21-4-3-13-29-21/h3-10,13-14,23H,2,11-12,15H2,1H3. The van der Waals surface area contributed by atoms with Crippen LogP contribution in [0.2, 0.25) is 0 Å². The van der Waals surface area contributed by atoms with Gasteiger partial charge < -0.3 is 14.1 Å². The van der Waals surface area contributed by atoms with Crippen LogP contribution in [0.5, 0.6) is 5.75 Å². The monoisotopic (exact) mass is 426 g/mol. The fourth-order valence-corrected chi connectivity index (χ4v) is 4.50. The number of benzene rings is 2. The van der Waals surface area contributed by atoms with Crippen molar-refractivity contribution in [2.45, 2.75) is 24.8 Å². The van der Waals surface area contributed by atoms with Gasteiger partial charge in [-0.2, -0.15) is 0 Å². The third-order valence-electron chi connectivity index (χ3n) is 4.93. The first kappa shape index (κ1) is 20.0. The van der Waals surface area contributed by atoms with Gasteiger partial charge in [-0.15, -0.1) is 0 Å². The molecule has 1 aromatic heterocycles. The van der Waals surface area contributed by atoms with Crippen LogP contribution >= 0.6 is 0 Å². The van der Waals surface area contributed by atoms with Gasteiger partial charge in [-0.05, 0) is 73.0 Å². The molecule has 2 aromatic carbocycles. The van der Waals surface area contributed by atoms with E-state index in [2.05, 4.69) is 4.72 Å². The molecule has 7 nitrogen and oxygen atoms in total. The van der Waals surface area contributed by atoms with Gasteiger partial charge in [0.2, 0.25) is 0 Å². The van der Waals surface area contributed by atoms with Gasteiger partial charge in [0.25, 0.3) is 15.9 Å². The highest BCUT2D eigenvalue weighted by Crippen LogP contribution is 2.26. The summed E-state index contributed by atoms with van der Waals surface area (Å²) in [5.41, 5.74) is 2.46. The smallest absolute Gasteiger partial charge is 0.289 e. The van der Waals surface area contributed by atoms with Crippen molar-refractivity contribution in [1.82, 2.24) is 4.90 Å². The second-order valence-corrected chi connectivity index (χ2v) is 8.63. The molecule has 3 aromatic rings. The Morgan fingerprint density at radius 3 is 2.63 bits per heavy atom. The minimum absolute atomic E-state index is 0.151. The number of carbonyl (C=O) groups excluding carboxylic acids is 1. The van der Waals surface area contributed by atoms with Crippen molar-refractivity contribution in [3.8, 4) is 5.75 Å². The normalized spacial score (nSPS) is 13.6. The summed E-state index contributed by atoms with van der Waals surface area (Å²) in [7, 11) is -3.74. The van der Waals surface area contributed by atoms with Crippen molar-refractivity contribution in [2.75, 3.05) is 17.9 Å². The average molecular weight is 426 g/mol. The molecule has 1 N–H and O–H groups in total. The zero-order chi connectivity index (χ0) is 21.1. The number of anilines is 1. The molecular weight excluding hydrogens is 404 g/mol. The molecule has 156 valence electrons. The lowest BCUT2D eigenvalue weighted by molar-refractivity contribution is 0.0702. The Morgan fingerprint density at radius 2 is 1.93 bits per heavy atom. The maximum atomic E-state index is 12.7. The summed E-state index contributed by atoms with van der Waals surface area (Å²) in [4.78, 5) is 14.4.